The predicted octanol–water partition coefficient (Wildman–Crippen LogP) is 2.13. The van der Waals surface area contributed by atoms with Crippen LogP contribution in [0.15, 0.2) is 36.4 Å². The fourth-order valence-corrected chi connectivity index (χ4v) is 2.64. The van der Waals surface area contributed by atoms with Gasteiger partial charge in [-0.2, -0.15) is 0 Å². The van der Waals surface area contributed by atoms with Gasteiger partial charge in [0.25, 0.3) is 0 Å². The van der Waals surface area contributed by atoms with E-state index >= 15 is 0 Å². The molecule has 0 spiro atoms. The van der Waals surface area contributed by atoms with Crippen LogP contribution in [0.5, 0.6) is 0 Å². The summed E-state index contributed by atoms with van der Waals surface area (Å²) < 4.78 is 0. The van der Waals surface area contributed by atoms with Gasteiger partial charge < -0.3 is 14.9 Å². The third-order valence-corrected chi connectivity index (χ3v) is 3.61. The number of benzene rings is 1. The quantitative estimate of drug-likeness (QED) is 0.867. The zero-order valence-corrected chi connectivity index (χ0v) is 12.4. The minimum absolute atomic E-state index is 0.278. The van der Waals surface area contributed by atoms with Crippen molar-refractivity contribution in [2.45, 2.75) is 25.9 Å². The smallest absolute Gasteiger partial charge is 0.326 e. The van der Waals surface area contributed by atoms with Gasteiger partial charge in [0.05, 0.1) is 0 Å². The van der Waals surface area contributed by atoms with E-state index in [1.807, 2.05) is 31.2 Å². The molecule has 2 rings (SSSR count). The molecule has 0 aromatic heterocycles. The fourth-order valence-electron chi connectivity index (χ4n) is 2.64. The molecule has 1 atom stereocenters. The van der Waals surface area contributed by atoms with Gasteiger partial charge in [-0.25, -0.2) is 9.59 Å². The van der Waals surface area contributed by atoms with Crippen molar-refractivity contribution >= 4 is 12.0 Å². The van der Waals surface area contributed by atoms with Gasteiger partial charge in [-0.3, -0.25) is 0 Å². The van der Waals surface area contributed by atoms with Crippen LogP contribution in [0.2, 0.25) is 0 Å². The number of urea groups is 1. The Balaban J connectivity index is 2.26. The molecule has 112 valence electrons. The second-order valence-electron chi connectivity index (χ2n) is 5.55. The number of carbonyl (C=O) groups is 2. The molecular weight excluding hydrogens is 268 g/mol. The largest absolute Gasteiger partial charge is 0.480 e. The summed E-state index contributed by atoms with van der Waals surface area (Å²) in [4.78, 5) is 26.9. The van der Waals surface area contributed by atoms with Gasteiger partial charge in [0.1, 0.15) is 6.04 Å². The highest BCUT2D eigenvalue weighted by atomic mass is 16.4. The van der Waals surface area contributed by atoms with Crippen molar-refractivity contribution in [2.75, 3.05) is 13.6 Å². The van der Waals surface area contributed by atoms with Crippen molar-refractivity contribution in [1.29, 1.82) is 0 Å². The molecule has 0 aliphatic carbocycles. The van der Waals surface area contributed by atoms with Crippen LogP contribution in [-0.2, 0) is 17.8 Å². The molecule has 21 heavy (non-hydrogen) atoms. The molecule has 0 unspecified atom stereocenters. The van der Waals surface area contributed by atoms with Crippen LogP contribution in [0.3, 0.4) is 0 Å². The number of nitrogens with zero attached hydrogens (tertiary/aromatic N) is 2. The van der Waals surface area contributed by atoms with E-state index in [9.17, 15) is 14.7 Å². The topological polar surface area (TPSA) is 60.9 Å². The molecule has 0 saturated heterocycles. The van der Waals surface area contributed by atoms with Gasteiger partial charge >= 0.3 is 12.0 Å². The van der Waals surface area contributed by atoms with Crippen LogP contribution in [-0.4, -0.2) is 46.5 Å². The number of fused-ring (bicyclic) bond motifs is 1. The summed E-state index contributed by atoms with van der Waals surface area (Å²) in [5.41, 5.74) is 2.86. The molecule has 1 aliphatic heterocycles. The van der Waals surface area contributed by atoms with Crippen molar-refractivity contribution < 1.29 is 14.7 Å². The summed E-state index contributed by atoms with van der Waals surface area (Å²) in [5, 5.41) is 9.42. The highest BCUT2D eigenvalue weighted by Crippen LogP contribution is 2.24. The Morgan fingerprint density at radius 2 is 2.00 bits per heavy atom. The lowest BCUT2D eigenvalue weighted by Crippen LogP contribution is -2.52. The summed E-state index contributed by atoms with van der Waals surface area (Å²) in [6.45, 7) is 6.37. The number of likely N-dealkylation sites (N-methyl/N-ethyl adjacent to an activating group) is 1. The summed E-state index contributed by atoms with van der Waals surface area (Å²) >= 11 is 0. The van der Waals surface area contributed by atoms with E-state index in [2.05, 4.69) is 6.58 Å². The van der Waals surface area contributed by atoms with Crippen molar-refractivity contribution in [3.05, 3.63) is 47.5 Å². The Labute approximate surface area is 124 Å². The minimum atomic E-state index is -0.971. The lowest BCUT2D eigenvalue weighted by atomic mass is 9.94. The van der Waals surface area contributed by atoms with Crippen LogP contribution >= 0.6 is 0 Å². The number of carboxylic acids is 1. The Bertz CT molecular complexity index is 583. The van der Waals surface area contributed by atoms with E-state index in [1.54, 1.807) is 7.05 Å². The number of rotatable bonds is 3. The molecule has 1 heterocycles. The molecule has 2 amide bonds. The Kier molecular flexibility index (Phi) is 4.31. The first-order chi connectivity index (χ1) is 9.90. The van der Waals surface area contributed by atoms with Crippen LogP contribution < -0.4 is 0 Å². The number of amides is 2. The molecule has 5 heteroatoms. The number of hydrogen-bond donors (Lipinski definition) is 1. The first-order valence-electron chi connectivity index (χ1n) is 6.86. The molecule has 1 aliphatic rings. The van der Waals surface area contributed by atoms with E-state index in [4.69, 9.17) is 0 Å². The third kappa shape index (κ3) is 3.24. The average Bonchev–Trinajstić information content (AvgIpc) is 2.44. The summed E-state index contributed by atoms with van der Waals surface area (Å²) in [6.07, 6.45) is 0.345. The number of carbonyl (C=O) groups excluding carboxylic acids is 1. The Hall–Kier alpha value is -2.30. The van der Waals surface area contributed by atoms with Gasteiger partial charge in [0, 0.05) is 26.6 Å². The van der Waals surface area contributed by atoms with Crippen LogP contribution in [0.1, 0.15) is 18.1 Å². The zero-order valence-electron chi connectivity index (χ0n) is 12.4. The second-order valence-corrected chi connectivity index (χ2v) is 5.55. The number of carboxylic acid groups (broad SMARTS) is 1. The SMILES string of the molecule is C=C(C)CN(C)C(=O)N1Cc2ccccc2C[C@H]1C(=O)O. The lowest BCUT2D eigenvalue weighted by molar-refractivity contribution is -0.142. The molecular formula is C16H20N2O3. The molecule has 0 fully saturated rings. The maximum absolute atomic E-state index is 12.5. The highest BCUT2D eigenvalue weighted by molar-refractivity contribution is 5.83. The third-order valence-electron chi connectivity index (χ3n) is 3.61. The molecule has 0 radical (unpaired) electrons. The second kappa shape index (κ2) is 5.99. The fraction of sp³-hybridized carbons (Fsp3) is 0.375. The van der Waals surface area contributed by atoms with Crippen LogP contribution in [0, 0.1) is 0 Å². The number of hydrogen-bond acceptors (Lipinski definition) is 2. The summed E-state index contributed by atoms with van der Waals surface area (Å²) in [7, 11) is 1.66. The summed E-state index contributed by atoms with van der Waals surface area (Å²) in [5.74, 6) is -0.971. The molecule has 1 N–H and O–H groups in total. The van der Waals surface area contributed by atoms with E-state index in [0.29, 0.717) is 19.5 Å². The van der Waals surface area contributed by atoms with Crippen molar-refractivity contribution in [2.24, 2.45) is 0 Å². The monoisotopic (exact) mass is 288 g/mol. The zero-order chi connectivity index (χ0) is 15.6. The Morgan fingerprint density at radius 1 is 1.38 bits per heavy atom. The van der Waals surface area contributed by atoms with Gasteiger partial charge in [-0.05, 0) is 18.1 Å². The van der Waals surface area contributed by atoms with Gasteiger partial charge in [0.15, 0.2) is 0 Å². The molecule has 5 nitrogen and oxygen atoms in total. The van der Waals surface area contributed by atoms with Crippen molar-refractivity contribution in [3.63, 3.8) is 0 Å². The summed E-state index contributed by atoms with van der Waals surface area (Å²) in [6, 6.07) is 6.56. The lowest BCUT2D eigenvalue weighted by Gasteiger charge is -2.36. The minimum Gasteiger partial charge on any atom is -0.480 e. The van der Waals surface area contributed by atoms with Crippen LogP contribution in [0.25, 0.3) is 0 Å². The first-order valence-corrected chi connectivity index (χ1v) is 6.86. The molecule has 0 saturated carbocycles. The number of aliphatic carboxylic acids is 1. The van der Waals surface area contributed by atoms with E-state index < -0.39 is 12.0 Å². The van der Waals surface area contributed by atoms with E-state index in [0.717, 1.165) is 16.7 Å². The van der Waals surface area contributed by atoms with Crippen molar-refractivity contribution in [3.8, 4) is 0 Å². The molecule has 0 bridgehead atoms. The maximum atomic E-state index is 12.5. The average molecular weight is 288 g/mol. The Morgan fingerprint density at radius 3 is 2.57 bits per heavy atom. The normalized spacial score (nSPS) is 17.0. The van der Waals surface area contributed by atoms with Gasteiger partial charge in [-0.1, -0.05) is 36.4 Å². The van der Waals surface area contributed by atoms with Crippen LogP contribution in [0.4, 0.5) is 4.79 Å². The standard InChI is InChI=1S/C16H20N2O3/c1-11(2)9-17(3)16(21)18-10-13-7-5-4-6-12(13)8-14(18)15(19)20/h4-7,14H,1,8-10H2,2-3H3,(H,19,20)/t14-/m0/s1. The van der Waals surface area contributed by atoms with E-state index in [-0.39, 0.29) is 6.03 Å². The predicted molar refractivity (Wildman–Crippen MR) is 80.0 cm³/mol. The molecule has 1 aromatic rings. The van der Waals surface area contributed by atoms with Gasteiger partial charge in [-0.15, -0.1) is 0 Å². The maximum Gasteiger partial charge on any atom is 0.326 e. The van der Waals surface area contributed by atoms with Crippen molar-refractivity contribution in [1.82, 2.24) is 9.80 Å². The molecule has 1 aromatic carbocycles. The first kappa shape index (κ1) is 15.1. The highest BCUT2D eigenvalue weighted by Gasteiger charge is 2.35. The van der Waals surface area contributed by atoms with Gasteiger partial charge in [0.2, 0.25) is 0 Å². The van der Waals surface area contributed by atoms with E-state index in [1.165, 1.54) is 9.80 Å².